The van der Waals surface area contributed by atoms with Crippen LogP contribution in [0.15, 0.2) is 78.9 Å². The van der Waals surface area contributed by atoms with Gasteiger partial charge in [-0.25, -0.2) is 0 Å². The Labute approximate surface area is 213 Å². The minimum Gasteiger partial charge on any atom is -0.396 e. The summed E-state index contributed by atoms with van der Waals surface area (Å²) in [5, 5.41) is 21.7. The Balaban J connectivity index is 1.61. The number of nitriles is 1. The monoisotopic (exact) mass is 482 g/mol. The SMILES string of the molecule is CC(C)C[C@H](O[C@H](c1ccccc1)c1ccc(-c2cccc(CCO)c2)cc1)C(=O)NC1(C#N)CC1. The molecule has 0 aromatic heterocycles. The van der Waals surface area contributed by atoms with Gasteiger partial charge in [0.25, 0.3) is 0 Å². The van der Waals surface area contributed by atoms with Gasteiger partial charge in [-0.3, -0.25) is 4.79 Å². The zero-order chi connectivity index (χ0) is 25.5. The molecule has 0 bridgehead atoms. The van der Waals surface area contributed by atoms with Crippen LogP contribution in [0, 0.1) is 17.2 Å². The molecule has 0 saturated heterocycles. The molecule has 2 atom stereocenters. The van der Waals surface area contributed by atoms with E-state index in [0.29, 0.717) is 25.7 Å². The second-order valence-electron chi connectivity index (χ2n) is 10.0. The number of rotatable bonds is 11. The van der Waals surface area contributed by atoms with Crippen molar-refractivity contribution in [2.24, 2.45) is 5.92 Å². The summed E-state index contributed by atoms with van der Waals surface area (Å²) in [6.45, 7) is 4.26. The molecule has 1 amide bonds. The largest absolute Gasteiger partial charge is 0.396 e. The number of hydrogen-bond donors (Lipinski definition) is 2. The molecule has 1 aliphatic rings. The van der Waals surface area contributed by atoms with Crippen LogP contribution >= 0.6 is 0 Å². The summed E-state index contributed by atoms with van der Waals surface area (Å²) in [6, 6.07) is 28.6. The fraction of sp³-hybridized carbons (Fsp3) is 0.355. The van der Waals surface area contributed by atoms with Crippen LogP contribution in [-0.4, -0.2) is 29.3 Å². The Hall–Kier alpha value is -3.46. The summed E-state index contributed by atoms with van der Waals surface area (Å²) in [5.74, 6) is 0.0315. The molecule has 36 heavy (non-hydrogen) atoms. The van der Waals surface area contributed by atoms with E-state index in [1.54, 1.807) is 0 Å². The molecular weight excluding hydrogens is 448 g/mol. The summed E-state index contributed by atoms with van der Waals surface area (Å²) in [4.78, 5) is 13.2. The molecule has 1 fully saturated rings. The number of benzene rings is 3. The highest BCUT2D eigenvalue weighted by Gasteiger charge is 2.46. The fourth-order valence-electron chi connectivity index (χ4n) is 4.39. The van der Waals surface area contributed by atoms with Gasteiger partial charge in [0.2, 0.25) is 5.91 Å². The lowest BCUT2D eigenvalue weighted by atomic mass is 9.96. The number of aliphatic hydroxyl groups excluding tert-OH is 1. The third kappa shape index (κ3) is 6.40. The molecule has 0 spiro atoms. The van der Waals surface area contributed by atoms with E-state index in [-0.39, 0.29) is 18.4 Å². The Morgan fingerprint density at radius 3 is 2.31 bits per heavy atom. The van der Waals surface area contributed by atoms with Crippen molar-refractivity contribution in [2.45, 2.75) is 57.3 Å². The van der Waals surface area contributed by atoms with Crippen LogP contribution in [-0.2, 0) is 16.0 Å². The maximum absolute atomic E-state index is 13.2. The molecule has 1 saturated carbocycles. The van der Waals surface area contributed by atoms with E-state index in [1.165, 1.54) is 0 Å². The molecular formula is C31H34N2O3. The number of carbonyl (C=O) groups excluding carboxylic acids is 1. The van der Waals surface area contributed by atoms with Crippen LogP contribution in [0.25, 0.3) is 11.1 Å². The van der Waals surface area contributed by atoms with E-state index < -0.39 is 17.7 Å². The first kappa shape index (κ1) is 25.6. The second kappa shape index (κ2) is 11.5. The first-order chi connectivity index (χ1) is 17.4. The number of ether oxygens (including phenoxy) is 1. The van der Waals surface area contributed by atoms with Gasteiger partial charge in [-0.05, 0) is 59.4 Å². The molecule has 0 aliphatic heterocycles. The lowest BCUT2D eigenvalue weighted by molar-refractivity contribution is -0.137. The van der Waals surface area contributed by atoms with E-state index in [2.05, 4.69) is 49.5 Å². The van der Waals surface area contributed by atoms with Crippen molar-refractivity contribution >= 4 is 5.91 Å². The van der Waals surface area contributed by atoms with Crippen molar-refractivity contribution in [2.75, 3.05) is 6.61 Å². The summed E-state index contributed by atoms with van der Waals surface area (Å²) in [7, 11) is 0. The molecule has 186 valence electrons. The number of carbonyl (C=O) groups is 1. The van der Waals surface area contributed by atoms with Crippen molar-refractivity contribution in [1.82, 2.24) is 5.32 Å². The van der Waals surface area contributed by atoms with Crippen LogP contribution in [0.5, 0.6) is 0 Å². The van der Waals surface area contributed by atoms with Gasteiger partial charge in [0.1, 0.15) is 17.7 Å². The van der Waals surface area contributed by atoms with Gasteiger partial charge in [0.15, 0.2) is 0 Å². The third-order valence-electron chi connectivity index (χ3n) is 6.58. The van der Waals surface area contributed by atoms with Gasteiger partial charge in [0, 0.05) is 6.61 Å². The van der Waals surface area contributed by atoms with E-state index >= 15 is 0 Å². The molecule has 5 nitrogen and oxygen atoms in total. The van der Waals surface area contributed by atoms with Gasteiger partial charge in [0.05, 0.1) is 6.07 Å². The molecule has 4 rings (SSSR count). The fourth-order valence-corrected chi connectivity index (χ4v) is 4.39. The highest BCUT2D eigenvalue weighted by Crippen LogP contribution is 2.36. The van der Waals surface area contributed by atoms with Crippen molar-refractivity contribution in [3.05, 3.63) is 95.6 Å². The number of hydrogen-bond acceptors (Lipinski definition) is 4. The van der Waals surface area contributed by atoms with Crippen LogP contribution in [0.2, 0.25) is 0 Å². The van der Waals surface area contributed by atoms with Crippen molar-refractivity contribution in [3.8, 4) is 17.2 Å². The number of nitrogens with zero attached hydrogens (tertiary/aromatic N) is 1. The number of amides is 1. The molecule has 3 aromatic carbocycles. The molecule has 1 aliphatic carbocycles. The third-order valence-corrected chi connectivity index (χ3v) is 6.58. The van der Waals surface area contributed by atoms with Crippen molar-refractivity contribution < 1.29 is 14.6 Å². The average Bonchev–Trinajstić information content (AvgIpc) is 3.67. The predicted molar refractivity (Wildman–Crippen MR) is 141 cm³/mol. The van der Waals surface area contributed by atoms with Gasteiger partial charge < -0.3 is 15.2 Å². The van der Waals surface area contributed by atoms with Gasteiger partial charge in [-0.15, -0.1) is 0 Å². The topological polar surface area (TPSA) is 82.3 Å². The Bertz CT molecular complexity index is 1190. The van der Waals surface area contributed by atoms with Crippen LogP contribution in [0.1, 0.15) is 55.9 Å². The summed E-state index contributed by atoms with van der Waals surface area (Å²) in [6.07, 6.45) is 1.47. The number of aliphatic hydroxyl groups is 1. The predicted octanol–water partition coefficient (Wildman–Crippen LogP) is 5.58. The van der Waals surface area contributed by atoms with Crippen LogP contribution < -0.4 is 5.32 Å². The summed E-state index contributed by atoms with van der Waals surface area (Å²) < 4.78 is 6.56. The normalized spacial score (nSPS) is 15.6. The molecule has 2 N–H and O–H groups in total. The quantitative estimate of drug-likeness (QED) is 0.374. The van der Waals surface area contributed by atoms with Crippen LogP contribution in [0.4, 0.5) is 0 Å². The molecule has 3 aromatic rings. The molecule has 0 heterocycles. The first-order valence-corrected chi connectivity index (χ1v) is 12.7. The minimum atomic E-state index is -0.732. The van der Waals surface area contributed by atoms with E-state index in [4.69, 9.17) is 4.74 Å². The summed E-state index contributed by atoms with van der Waals surface area (Å²) in [5.41, 5.74) is 4.46. The highest BCUT2D eigenvalue weighted by atomic mass is 16.5. The van der Waals surface area contributed by atoms with Gasteiger partial charge in [-0.1, -0.05) is 92.7 Å². The zero-order valence-electron chi connectivity index (χ0n) is 21.0. The van der Waals surface area contributed by atoms with E-state index in [9.17, 15) is 15.2 Å². The lowest BCUT2D eigenvalue weighted by Crippen LogP contribution is -2.44. The molecule has 5 heteroatoms. The Morgan fingerprint density at radius 1 is 1.00 bits per heavy atom. The van der Waals surface area contributed by atoms with Crippen molar-refractivity contribution in [3.63, 3.8) is 0 Å². The Kier molecular flexibility index (Phi) is 8.20. The Morgan fingerprint density at radius 2 is 1.69 bits per heavy atom. The minimum absolute atomic E-state index is 0.124. The maximum atomic E-state index is 13.2. The second-order valence-corrected chi connectivity index (χ2v) is 10.0. The average molecular weight is 483 g/mol. The zero-order valence-corrected chi connectivity index (χ0v) is 21.0. The van der Waals surface area contributed by atoms with E-state index in [0.717, 1.165) is 27.8 Å². The first-order valence-electron chi connectivity index (χ1n) is 12.7. The van der Waals surface area contributed by atoms with Crippen molar-refractivity contribution in [1.29, 1.82) is 5.26 Å². The lowest BCUT2D eigenvalue weighted by Gasteiger charge is -2.27. The summed E-state index contributed by atoms with van der Waals surface area (Å²) >= 11 is 0. The van der Waals surface area contributed by atoms with E-state index in [1.807, 2.05) is 54.6 Å². The van der Waals surface area contributed by atoms with Gasteiger partial charge >= 0.3 is 0 Å². The van der Waals surface area contributed by atoms with Gasteiger partial charge in [-0.2, -0.15) is 5.26 Å². The number of nitrogens with one attached hydrogen (secondary N) is 1. The van der Waals surface area contributed by atoms with Crippen LogP contribution in [0.3, 0.4) is 0 Å². The molecule has 0 radical (unpaired) electrons. The standard InChI is InChI=1S/C31H34N2O3/c1-22(2)19-28(30(35)33-31(21-32)16-17-31)36-29(25-8-4-3-5-9-25)26-13-11-24(12-14-26)27-10-6-7-23(20-27)15-18-34/h3-14,20,22,28-29,34H,15-19H2,1-2H3,(H,33,35)/t28-,29+/m0/s1. The highest BCUT2D eigenvalue weighted by molar-refractivity contribution is 5.82. The molecule has 0 unspecified atom stereocenters. The smallest absolute Gasteiger partial charge is 0.250 e. The maximum Gasteiger partial charge on any atom is 0.250 e.